The quantitative estimate of drug-likeness (QED) is 0.231. The number of methoxy groups -OCH3 is 1. The number of nitrogens with one attached hydrogen (secondary N) is 1. The normalized spacial score (nSPS) is 11.4. The Morgan fingerprint density at radius 2 is 2.07 bits per heavy atom. The minimum Gasteiger partial charge on any atom is -0.493 e. The second-order valence-corrected chi connectivity index (χ2v) is 8.31. The monoisotopic (exact) mass is 537 g/mol. The molecule has 0 bridgehead atoms. The van der Waals surface area contributed by atoms with Crippen LogP contribution in [0.5, 0.6) is 11.5 Å². The zero-order valence-electron chi connectivity index (χ0n) is 16.4. The van der Waals surface area contributed by atoms with E-state index in [1.807, 2.05) is 43.3 Å². The number of halogens is 1. The molecule has 1 heterocycles. The van der Waals surface area contributed by atoms with Gasteiger partial charge in [-0.1, -0.05) is 37.3 Å². The number of thioether (sulfide) groups is 1. The SMILES string of the molecule is CCc1nc(S/C(=C\c2cc(I)c(OCc3ccccc3)c(OC)c2)C(=O)O)n[nH]1. The van der Waals surface area contributed by atoms with Crippen molar-refractivity contribution in [2.24, 2.45) is 0 Å². The van der Waals surface area contributed by atoms with Crippen molar-refractivity contribution in [3.05, 3.63) is 67.9 Å². The Morgan fingerprint density at radius 1 is 1.30 bits per heavy atom. The van der Waals surface area contributed by atoms with Gasteiger partial charge in [0.05, 0.1) is 10.7 Å². The highest BCUT2D eigenvalue weighted by Crippen LogP contribution is 2.36. The van der Waals surface area contributed by atoms with Crippen molar-refractivity contribution in [2.75, 3.05) is 7.11 Å². The van der Waals surface area contributed by atoms with Crippen LogP contribution in [0.25, 0.3) is 6.08 Å². The number of nitrogens with zero attached hydrogens (tertiary/aromatic N) is 2. The van der Waals surface area contributed by atoms with Crippen molar-refractivity contribution in [1.29, 1.82) is 0 Å². The molecule has 30 heavy (non-hydrogen) atoms. The van der Waals surface area contributed by atoms with Crippen molar-refractivity contribution in [2.45, 2.75) is 25.1 Å². The Balaban J connectivity index is 1.85. The number of carboxylic acid groups (broad SMARTS) is 1. The van der Waals surface area contributed by atoms with Crippen LogP contribution in [0.1, 0.15) is 23.9 Å². The summed E-state index contributed by atoms with van der Waals surface area (Å²) in [6.45, 7) is 2.35. The third kappa shape index (κ3) is 5.76. The van der Waals surface area contributed by atoms with Gasteiger partial charge in [0.1, 0.15) is 17.3 Å². The third-order valence-corrected chi connectivity index (χ3v) is 5.71. The van der Waals surface area contributed by atoms with Gasteiger partial charge in [0.25, 0.3) is 0 Å². The lowest BCUT2D eigenvalue weighted by Gasteiger charge is -2.14. The molecule has 0 aliphatic carbocycles. The Labute approximate surface area is 192 Å². The summed E-state index contributed by atoms with van der Waals surface area (Å²) in [6.07, 6.45) is 2.26. The number of aromatic nitrogens is 3. The van der Waals surface area contributed by atoms with Gasteiger partial charge in [-0.25, -0.2) is 9.78 Å². The molecule has 1 aromatic heterocycles. The molecule has 0 atom stereocenters. The standard InChI is InChI=1S/C21H20IN3O4S/c1-3-18-23-21(25-24-18)30-17(20(26)27)11-14-9-15(22)19(16(10-14)28-2)29-12-13-7-5-4-6-8-13/h4-11H,3,12H2,1-2H3,(H,26,27)(H,23,24,25)/b17-11-. The number of aliphatic carboxylic acids is 1. The summed E-state index contributed by atoms with van der Waals surface area (Å²) < 4.78 is 12.3. The Kier molecular flexibility index (Phi) is 7.75. The molecule has 0 aliphatic heterocycles. The Hall–Kier alpha value is -2.53. The van der Waals surface area contributed by atoms with E-state index in [1.165, 1.54) is 0 Å². The van der Waals surface area contributed by atoms with E-state index in [2.05, 4.69) is 37.8 Å². The van der Waals surface area contributed by atoms with E-state index in [0.29, 0.717) is 41.1 Å². The van der Waals surface area contributed by atoms with E-state index in [4.69, 9.17) is 9.47 Å². The summed E-state index contributed by atoms with van der Waals surface area (Å²) in [5, 5.41) is 16.8. The molecule has 3 rings (SSSR count). The molecule has 0 amide bonds. The molecule has 0 saturated heterocycles. The lowest BCUT2D eigenvalue weighted by Crippen LogP contribution is -2.01. The summed E-state index contributed by atoms with van der Waals surface area (Å²) >= 11 is 3.15. The highest BCUT2D eigenvalue weighted by atomic mass is 127. The fraction of sp³-hybridized carbons (Fsp3) is 0.190. The average molecular weight is 537 g/mol. The van der Waals surface area contributed by atoms with Crippen LogP contribution >= 0.6 is 34.4 Å². The number of hydrogen-bond acceptors (Lipinski definition) is 6. The summed E-state index contributed by atoms with van der Waals surface area (Å²) in [7, 11) is 1.56. The lowest BCUT2D eigenvalue weighted by molar-refractivity contribution is -0.131. The second kappa shape index (κ2) is 10.5. The molecule has 2 aromatic carbocycles. The van der Waals surface area contributed by atoms with Crippen LogP contribution in [0.3, 0.4) is 0 Å². The Morgan fingerprint density at radius 3 is 2.70 bits per heavy atom. The number of H-pyrrole nitrogens is 1. The molecule has 0 saturated carbocycles. The van der Waals surface area contributed by atoms with Crippen LogP contribution in [-0.2, 0) is 17.8 Å². The van der Waals surface area contributed by atoms with E-state index < -0.39 is 5.97 Å². The molecule has 0 fully saturated rings. The molecule has 0 aliphatic rings. The predicted molar refractivity (Wildman–Crippen MR) is 124 cm³/mol. The first kappa shape index (κ1) is 22.2. The minimum absolute atomic E-state index is 0.104. The summed E-state index contributed by atoms with van der Waals surface area (Å²) in [5.41, 5.74) is 1.72. The molecule has 7 nitrogen and oxygen atoms in total. The fourth-order valence-electron chi connectivity index (χ4n) is 2.56. The highest BCUT2D eigenvalue weighted by molar-refractivity contribution is 14.1. The van der Waals surface area contributed by atoms with Gasteiger partial charge in [0.2, 0.25) is 5.16 Å². The molecular weight excluding hydrogens is 517 g/mol. The van der Waals surface area contributed by atoms with Gasteiger partial charge in [-0.2, -0.15) is 0 Å². The van der Waals surface area contributed by atoms with E-state index in [0.717, 1.165) is 20.9 Å². The van der Waals surface area contributed by atoms with Crippen LogP contribution in [0.2, 0.25) is 0 Å². The van der Waals surface area contributed by atoms with Crippen LogP contribution < -0.4 is 9.47 Å². The number of rotatable bonds is 9. The maximum atomic E-state index is 11.7. The zero-order chi connectivity index (χ0) is 21.5. The first-order valence-corrected chi connectivity index (χ1v) is 11.0. The number of ether oxygens (including phenoxy) is 2. The second-order valence-electron chi connectivity index (χ2n) is 6.14. The van der Waals surface area contributed by atoms with Crippen molar-refractivity contribution >= 4 is 46.4 Å². The maximum absolute atomic E-state index is 11.7. The lowest BCUT2D eigenvalue weighted by atomic mass is 10.2. The summed E-state index contributed by atoms with van der Waals surface area (Å²) in [4.78, 5) is 16.1. The minimum atomic E-state index is -1.05. The molecule has 0 spiro atoms. The van der Waals surface area contributed by atoms with E-state index >= 15 is 0 Å². The fourth-order valence-corrected chi connectivity index (χ4v) is 4.07. The van der Waals surface area contributed by atoms with Crippen LogP contribution in [-0.4, -0.2) is 33.4 Å². The van der Waals surface area contributed by atoms with Gasteiger partial charge >= 0.3 is 5.97 Å². The highest BCUT2D eigenvalue weighted by Gasteiger charge is 2.16. The number of hydrogen-bond donors (Lipinski definition) is 2. The van der Waals surface area contributed by atoms with Gasteiger partial charge < -0.3 is 14.6 Å². The van der Waals surface area contributed by atoms with Crippen LogP contribution in [0.4, 0.5) is 0 Å². The van der Waals surface area contributed by atoms with Crippen molar-refractivity contribution in [3.63, 3.8) is 0 Å². The Bertz CT molecular complexity index is 1050. The van der Waals surface area contributed by atoms with Crippen LogP contribution in [0, 0.1) is 3.57 Å². The first-order valence-electron chi connectivity index (χ1n) is 9.08. The molecule has 3 aromatic rings. The van der Waals surface area contributed by atoms with E-state index in [1.54, 1.807) is 19.3 Å². The van der Waals surface area contributed by atoms with Gasteiger partial charge in [0, 0.05) is 6.42 Å². The topological polar surface area (TPSA) is 97.3 Å². The van der Waals surface area contributed by atoms with E-state index in [-0.39, 0.29) is 4.91 Å². The maximum Gasteiger partial charge on any atom is 0.342 e. The molecule has 156 valence electrons. The molecule has 2 N–H and O–H groups in total. The number of aryl methyl sites for hydroxylation is 1. The van der Waals surface area contributed by atoms with Gasteiger partial charge in [-0.05, 0) is 63.7 Å². The summed E-state index contributed by atoms with van der Waals surface area (Å²) in [6, 6.07) is 13.4. The van der Waals surface area contributed by atoms with Crippen molar-refractivity contribution in [3.8, 4) is 11.5 Å². The number of aromatic amines is 1. The molecule has 0 unspecified atom stereocenters. The zero-order valence-corrected chi connectivity index (χ0v) is 19.4. The number of benzene rings is 2. The molecule has 9 heteroatoms. The van der Waals surface area contributed by atoms with Crippen LogP contribution in [0.15, 0.2) is 52.5 Å². The largest absolute Gasteiger partial charge is 0.493 e. The predicted octanol–water partition coefficient (Wildman–Crippen LogP) is 4.78. The molecular formula is C21H20IN3O4S. The van der Waals surface area contributed by atoms with Crippen molar-refractivity contribution in [1.82, 2.24) is 15.2 Å². The number of carboxylic acids is 1. The van der Waals surface area contributed by atoms with Gasteiger partial charge in [0.15, 0.2) is 11.5 Å². The average Bonchev–Trinajstić information content (AvgIpc) is 3.20. The smallest absolute Gasteiger partial charge is 0.342 e. The van der Waals surface area contributed by atoms with E-state index in [9.17, 15) is 9.90 Å². The first-order chi connectivity index (χ1) is 14.5. The molecule has 0 radical (unpaired) electrons. The van der Waals surface area contributed by atoms with Gasteiger partial charge in [-0.15, -0.1) is 5.10 Å². The number of carbonyl (C=O) groups is 1. The summed E-state index contributed by atoms with van der Waals surface area (Å²) in [5.74, 6) is 0.801. The third-order valence-electron chi connectivity index (χ3n) is 4.03. The van der Waals surface area contributed by atoms with Crippen molar-refractivity contribution < 1.29 is 19.4 Å². The van der Waals surface area contributed by atoms with Gasteiger partial charge in [-0.3, -0.25) is 5.10 Å².